The van der Waals surface area contributed by atoms with E-state index in [0.29, 0.717) is 5.75 Å². The second-order valence-electron chi connectivity index (χ2n) is 10.3. The summed E-state index contributed by atoms with van der Waals surface area (Å²) in [6, 6.07) is 25.1. The monoisotopic (exact) mass is 448 g/mol. The van der Waals surface area contributed by atoms with Crippen LogP contribution in [0.15, 0.2) is 66.7 Å². The standard InChI is InChI=1S/C33H36O/c1-20-9-21(2)13-28(12-20)33(29-14-22(3)10-23(4)15-29,30-16-24(5)11-25(6)17-30)31-18-26(7)32(34)27(8)19-31/h9-19,34H,1-8H3. The summed E-state index contributed by atoms with van der Waals surface area (Å²) in [6.45, 7) is 17.1. The maximum absolute atomic E-state index is 10.7. The normalized spacial score (nSPS) is 11.6. The minimum absolute atomic E-state index is 0.374. The van der Waals surface area contributed by atoms with Crippen molar-refractivity contribution in [2.24, 2.45) is 0 Å². The van der Waals surface area contributed by atoms with Crippen LogP contribution in [0.5, 0.6) is 5.75 Å². The molecule has 0 atom stereocenters. The van der Waals surface area contributed by atoms with Crippen LogP contribution in [0, 0.1) is 55.4 Å². The molecule has 0 radical (unpaired) electrons. The van der Waals surface area contributed by atoms with Crippen LogP contribution < -0.4 is 0 Å². The minimum atomic E-state index is -0.520. The third-order valence-corrected chi connectivity index (χ3v) is 6.89. The molecule has 0 aromatic heterocycles. The van der Waals surface area contributed by atoms with Gasteiger partial charge in [-0.15, -0.1) is 0 Å². The fourth-order valence-corrected chi connectivity index (χ4v) is 5.75. The number of phenols is 1. The van der Waals surface area contributed by atoms with Crippen molar-refractivity contribution in [3.8, 4) is 5.75 Å². The van der Waals surface area contributed by atoms with Gasteiger partial charge in [-0.2, -0.15) is 0 Å². The highest BCUT2D eigenvalue weighted by atomic mass is 16.3. The van der Waals surface area contributed by atoms with Crippen LogP contribution in [0.25, 0.3) is 0 Å². The molecule has 0 aliphatic rings. The summed E-state index contributed by atoms with van der Waals surface area (Å²) in [5.41, 5.74) is 13.7. The van der Waals surface area contributed by atoms with Gasteiger partial charge in [0.2, 0.25) is 0 Å². The lowest BCUT2D eigenvalue weighted by Crippen LogP contribution is -2.32. The Morgan fingerprint density at radius 1 is 0.382 bits per heavy atom. The number of hydrogen-bond donors (Lipinski definition) is 1. The first-order valence-corrected chi connectivity index (χ1v) is 12.1. The number of benzene rings is 4. The average Bonchev–Trinajstić information content (AvgIpc) is 2.70. The van der Waals surface area contributed by atoms with Crippen molar-refractivity contribution in [3.63, 3.8) is 0 Å². The summed E-state index contributed by atoms with van der Waals surface area (Å²) in [5, 5.41) is 10.7. The predicted molar refractivity (Wildman–Crippen MR) is 144 cm³/mol. The lowest BCUT2D eigenvalue weighted by Gasteiger charge is -2.38. The highest BCUT2D eigenvalue weighted by Crippen LogP contribution is 2.48. The molecule has 0 bridgehead atoms. The van der Waals surface area contributed by atoms with E-state index in [1.54, 1.807) is 0 Å². The van der Waals surface area contributed by atoms with Gasteiger partial charge in [0, 0.05) is 0 Å². The maximum Gasteiger partial charge on any atom is 0.121 e. The number of aromatic hydroxyl groups is 1. The molecule has 0 fully saturated rings. The lowest BCUT2D eigenvalue weighted by molar-refractivity contribution is 0.466. The molecule has 1 nitrogen and oxygen atoms in total. The number of hydrogen-bond acceptors (Lipinski definition) is 1. The summed E-state index contributed by atoms with van der Waals surface area (Å²) in [6.07, 6.45) is 0. The number of phenolic OH excluding ortho intramolecular Hbond substituents is 1. The van der Waals surface area contributed by atoms with Crippen molar-refractivity contribution < 1.29 is 5.11 Å². The Labute approximate surface area is 205 Å². The topological polar surface area (TPSA) is 20.2 Å². The molecule has 174 valence electrons. The van der Waals surface area contributed by atoms with Crippen molar-refractivity contribution in [2.75, 3.05) is 0 Å². The Morgan fingerprint density at radius 3 is 0.882 bits per heavy atom. The van der Waals surface area contributed by atoms with Gasteiger partial charge >= 0.3 is 0 Å². The zero-order valence-corrected chi connectivity index (χ0v) is 21.8. The number of rotatable bonds is 4. The van der Waals surface area contributed by atoms with Crippen molar-refractivity contribution in [3.05, 3.63) is 133 Å². The molecule has 0 unspecified atom stereocenters. The van der Waals surface area contributed by atoms with E-state index in [1.807, 2.05) is 13.8 Å². The van der Waals surface area contributed by atoms with Gasteiger partial charge in [-0.3, -0.25) is 0 Å². The minimum Gasteiger partial charge on any atom is -0.507 e. The smallest absolute Gasteiger partial charge is 0.121 e. The van der Waals surface area contributed by atoms with E-state index < -0.39 is 5.41 Å². The van der Waals surface area contributed by atoms with Crippen LogP contribution in [0.3, 0.4) is 0 Å². The third kappa shape index (κ3) is 4.16. The highest BCUT2D eigenvalue weighted by Gasteiger charge is 2.40. The van der Waals surface area contributed by atoms with E-state index in [9.17, 15) is 5.11 Å². The van der Waals surface area contributed by atoms with E-state index >= 15 is 0 Å². The van der Waals surface area contributed by atoms with E-state index in [-0.39, 0.29) is 0 Å². The second-order valence-corrected chi connectivity index (χ2v) is 10.3. The van der Waals surface area contributed by atoms with Gasteiger partial charge in [-0.1, -0.05) is 100 Å². The summed E-state index contributed by atoms with van der Waals surface area (Å²) >= 11 is 0. The average molecular weight is 449 g/mol. The van der Waals surface area contributed by atoms with Gasteiger partial charge in [0.1, 0.15) is 5.75 Å². The van der Waals surface area contributed by atoms with Crippen molar-refractivity contribution in [1.29, 1.82) is 0 Å². The first-order valence-electron chi connectivity index (χ1n) is 12.1. The summed E-state index contributed by atoms with van der Waals surface area (Å²) in [5.74, 6) is 0.374. The van der Waals surface area contributed by atoms with E-state index in [1.165, 1.54) is 55.6 Å². The summed E-state index contributed by atoms with van der Waals surface area (Å²) in [7, 11) is 0. The first-order chi connectivity index (χ1) is 16.0. The highest BCUT2D eigenvalue weighted by molar-refractivity contribution is 5.64. The Hall–Kier alpha value is -3.32. The SMILES string of the molecule is Cc1cc(C)cc(C(c2cc(C)cc(C)c2)(c2cc(C)cc(C)c2)c2cc(C)c(O)c(C)c2)c1. The molecule has 0 saturated carbocycles. The van der Waals surface area contributed by atoms with Gasteiger partial charge < -0.3 is 5.11 Å². The van der Waals surface area contributed by atoms with Gasteiger partial charge in [0.25, 0.3) is 0 Å². The Balaban J connectivity index is 2.29. The molecule has 0 heterocycles. The molecule has 0 saturated heterocycles. The van der Waals surface area contributed by atoms with Crippen LogP contribution in [0.2, 0.25) is 0 Å². The quantitative estimate of drug-likeness (QED) is 0.312. The molecular weight excluding hydrogens is 412 g/mol. The summed E-state index contributed by atoms with van der Waals surface area (Å²) < 4.78 is 0. The van der Waals surface area contributed by atoms with Crippen molar-refractivity contribution in [2.45, 2.75) is 60.8 Å². The largest absolute Gasteiger partial charge is 0.507 e. The molecular formula is C33H36O. The summed E-state index contributed by atoms with van der Waals surface area (Å²) in [4.78, 5) is 0. The second kappa shape index (κ2) is 8.80. The van der Waals surface area contributed by atoms with Crippen molar-refractivity contribution in [1.82, 2.24) is 0 Å². The molecule has 0 aliphatic carbocycles. The van der Waals surface area contributed by atoms with Gasteiger partial charge in [-0.25, -0.2) is 0 Å². The van der Waals surface area contributed by atoms with E-state index in [4.69, 9.17) is 0 Å². The molecule has 0 spiro atoms. The fourth-order valence-electron chi connectivity index (χ4n) is 5.75. The van der Waals surface area contributed by atoms with Gasteiger partial charge in [0.15, 0.2) is 0 Å². The molecule has 34 heavy (non-hydrogen) atoms. The molecule has 0 amide bonds. The predicted octanol–water partition coefficient (Wildman–Crippen LogP) is 8.24. The third-order valence-electron chi connectivity index (χ3n) is 6.89. The molecule has 1 N–H and O–H groups in total. The van der Waals surface area contributed by atoms with Gasteiger partial charge in [-0.05, 0) is 88.8 Å². The van der Waals surface area contributed by atoms with Crippen LogP contribution in [-0.4, -0.2) is 5.11 Å². The molecule has 4 rings (SSSR count). The lowest BCUT2D eigenvalue weighted by atomic mass is 9.63. The van der Waals surface area contributed by atoms with Crippen LogP contribution in [0.4, 0.5) is 0 Å². The van der Waals surface area contributed by atoms with Crippen molar-refractivity contribution >= 4 is 0 Å². The Kier molecular flexibility index (Phi) is 6.16. The molecule has 4 aromatic carbocycles. The zero-order valence-electron chi connectivity index (χ0n) is 21.8. The maximum atomic E-state index is 10.7. The number of aryl methyl sites for hydroxylation is 8. The van der Waals surface area contributed by atoms with Crippen LogP contribution in [0.1, 0.15) is 66.8 Å². The zero-order chi connectivity index (χ0) is 24.8. The van der Waals surface area contributed by atoms with Gasteiger partial charge in [0.05, 0.1) is 5.41 Å². The first kappa shape index (κ1) is 23.8. The molecule has 0 aliphatic heterocycles. The van der Waals surface area contributed by atoms with E-state index in [2.05, 4.69) is 108 Å². The molecule has 4 aromatic rings. The van der Waals surface area contributed by atoms with Crippen LogP contribution >= 0.6 is 0 Å². The Bertz CT molecular complexity index is 1180. The van der Waals surface area contributed by atoms with E-state index in [0.717, 1.165) is 11.1 Å². The molecule has 1 heteroatoms. The fraction of sp³-hybridized carbons (Fsp3) is 0.273. The van der Waals surface area contributed by atoms with Crippen LogP contribution in [-0.2, 0) is 5.41 Å². The Morgan fingerprint density at radius 2 is 0.618 bits per heavy atom.